The van der Waals surface area contributed by atoms with Gasteiger partial charge in [-0.25, -0.2) is 17.9 Å². The zero-order chi connectivity index (χ0) is 20.2. The van der Waals surface area contributed by atoms with Crippen LogP contribution in [0.25, 0.3) is 0 Å². The van der Waals surface area contributed by atoms with Crippen LogP contribution in [0.3, 0.4) is 0 Å². The van der Waals surface area contributed by atoms with Gasteiger partial charge < -0.3 is 19.2 Å². The van der Waals surface area contributed by atoms with Crippen molar-refractivity contribution in [2.75, 3.05) is 20.8 Å². The average molecular weight is 396 g/mol. The molecule has 1 aromatic carbocycles. The lowest BCUT2D eigenvalue weighted by Crippen LogP contribution is -2.26. The molecule has 9 heteroatoms. The number of nitrogens with one attached hydrogen (secondary N) is 2. The maximum absolute atomic E-state index is 12.9. The summed E-state index contributed by atoms with van der Waals surface area (Å²) in [6.07, 6.45) is 0. The lowest BCUT2D eigenvalue weighted by molar-refractivity contribution is 0.0521. The number of hydrogen-bond acceptors (Lipinski definition) is 6. The molecule has 0 saturated heterocycles. The van der Waals surface area contributed by atoms with E-state index >= 15 is 0 Å². The number of aryl methyl sites for hydroxylation is 2. The lowest BCUT2D eigenvalue weighted by Gasteiger charge is -2.13. The summed E-state index contributed by atoms with van der Waals surface area (Å²) in [4.78, 5) is 15.0. The predicted molar refractivity (Wildman–Crippen MR) is 99.8 cm³/mol. The second-order valence-electron chi connectivity index (χ2n) is 5.80. The molecule has 0 unspecified atom stereocenters. The fraction of sp³-hybridized carbons (Fsp3) is 0.389. The summed E-state index contributed by atoms with van der Waals surface area (Å²) in [5.41, 5.74) is 1.41. The fourth-order valence-corrected chi connectivity index (χ4v) is 4.26. The molecule has 148 valence electrons. The van der Waals surface area contributed by atoms with Gasteiger partial charge in [0.05, 0.1) is 20.8 Å². The van der Waals surface area contributed by atoms with Gasteiger partial charge >= 0.3 is 5.97 Å². The molecular formula is C18H24N2O6S. The van der Waals surface area contributed by atoms with Crippen molar-refractivity contribution < 1.29 is 27.4 Å². The third kappa shape index (κ3) is 4.42. The summed E-state index contributed by atoms with van der Waals surface area (Å²) >= 11 is 0. The molecule has 2 N–H and O–H groups in total. The van der Waals surface area contributed by atoms with Crippen molar-refractivity contribution in [2.45, 2.75) is 32.2 Å². The first-order valence-corrected chi connectivity index (χ1v) is 9.80. The SMILES string of the molecule is CCOC(=O)c1c(C)[nH]c(C)c1S(=O)(=O)NCc1cc(OC)ccc1OC. The summed E-state index contributed by atoms with van der Waals surface area (Å²) in [7, 11) is -0.966. The summed E-state index contributed by atoms with van der Waals surface area (Å²) in [6, 6.07) is 5.09. The Hall–Kier alpha value is -2.52. The molecule has 1 aromatic heterocycles. The first-order chi connectivity index (χ1) is 12.7. The van der Waals surface area contributed by atoms with Crippen molar-refractivity contribution in [2.24, 2.45) is 0 Å². The minimum absolute atomic E-state index is 0.0134. The largest absolute Gasteiger partial charge is 0.497 e. The van der Waals surface area contributed by atoms with Crippen LogP contribution in [0.5, 0.6) is 11.5 Å². The summed E-state index contributed by atoms with van der Waals surface area (Å²) in [5.74, 6) is 0.413. The fourth-order valence-electron chi connectivity index (χ4n) is 2.81. The topological polar surface area (TPSA) is 107 Å². The molecule has 0 aliphatic rings. The molecule has 27 heavy (non-hydrogen) atoms. The summed E-state index contributed by atoms with van der Waals surface area (Å²) in [5, 5.41) is 0. The Balaban J connectivity index is 2.37. The van der Waals surface area contributed by atoms with Crippen molar-refractivity contribution in [3.05, 3.63) is 40.7 Å². The molecule has 1 heterocycles. The number of carbonyl (C=O) groups excluding carboxylic acids is 1. The standard InChI is InChI=1S/C18H24N2O6S/c1-6-26-18(21)16-11(2)20-12(3)17(16)27(22,23)19-10-13-9-14(24-4)7-8-15(13)25-5/h7-9,19-20H,6,10H2,1-5H3. The zero-order valence-corrected chi connectivity index (χ0v) is 16.8. The first-order valence-electron chi connectivity index (χ1n) is 8.32. The highest BCUT2D eigenvalue weighted by Crippen LogP contribution is 2.27. The van der Waals surface area contributed by atoms with Crippen LogP contribution in [0.15, 0.2) is 23.1 Å². The molecule has 0 aliphatic carbocycles. The number of hydrogen-bond donors (Lipinski definition) is 2. The van der Waals surface area contributed by atoms with Crippen LogP contribution in [-0.4, -0.2) is 40.2 Å². The van der Waals surface area contributed by atoms with Crippen LogP contribution in [0.1, 0.15) is 34.2 Å². The number of carbonyl (C=O) groups is 1. The van der Waals surface area contributed by atoms with Crippen LogP contribution in [0.4, 0.5) is 0 Å². The van der Waals surface area contributed by atoms with Gasteiger partial charge in [0.1, 0.15) is 22.0 Å². The van der Waals surface area contributed by atoms with E-state index in [4.69, 9.17) is 14.2 Å². The lowest BCUT2D eigenvalue weighted by atomic mass is 10.2. The van der Waals surface area contributed by atoms with Gasteiger partial charge in [-0.05, 0) is 39.0 Å². The van der Waals surface area contributed by atoms with Crippen LogP contribution in [0, 0.1) is 13.8 Å². The molecule has 0 spiro atoms. The Bertz CT molecular complexity index is 934. The number of sulfonamides is 1. The van der Waals surface area contributed by atoms with Gasteiger partial charge in [-0.15, -0.1) is 0 Å². The van der Waals surface area contributed by atoms with Gasteiger partial charge in [0.15, 0.2) is 0 Å². The Kier molecular flexibility index (Phi) is 6.50. The van der Waals surface area contributed by atoms with E-state index in [1.807, 2.05) is 0 Å². The minimum atomic E-state index is -3.99. The molecule has 0 fully saturated rings. The Labute approximate surface area is 158 Å². The molecule has 0 amide bonds. The molecular weight excluding hydrogens is 372 g/mol. The molecule has 8 nitrogen and oxygen atoms in total. The minimum Gasteiger partial charge on any atom is -0.497 e. The van der Waals surface area contributed by atoms with Gasteiger partial charge in [-0.3, -0.25) is 0 Å². The molecule has 0 aliphatic heterocycles. The van der Waals surface area contributed by atoms with Crippen LogP contribution >= 0.6 is 0 Å². The van der Waals surface area contributed by atoms with Crippen molar-refractivity contribution in [1.29, 1.82) is 0 Å². The number of H-pyrrole nitrogens is 1. The smallest absolute Gasteiger partial charge is 0.341 e. The molecule has 2 rings (SSSR count). The third-order valence-corrected chi connectivity index (χ3v) is 5.58. The van der Waals surface area contributed by atoms with Gasteiger partial charge in [0.25, 0.3) is 0 Å². The number of esters is 1. The Morgan fingerprint density at radius 3 is 2.44 bits per heavy atom. The van der Waals surface area contributed by atoms with E-state index in [1.54, 1.807) is 39.0 Å². The number of aromatic amines is 1. The highest BCUT2D eigenvalue weighted by atomic mass is 32.2. The van der Waals surface area contributed by atoms with Crippen LogP contribution in [-0.2, 0) is 21.3 Å². The summed E-state index contributed by atoms with van der Waals surface area (Å²) < 4.78 is 43.8. The van der Waals surface area contributed by atoms with Gasteiger partial charge in [-0.1, -0.05) is 0 Å². The second-order valence-corrected chi connectivity index (χ2v) is 7.51. The number of benzene rings is 1. The van der Waals surface area contributed by atoms with Gasteiger partial charge in [0.2, 0.25) is 10.0 Å². The zero-order valence-electron chi connectivity index (χ0n) is 16.0. The van der Waals surface area contributed by atoms with E-state index in [1.165, 1.54) is 14.2 Å². The third-order valence-electron chi connectivity index (χ3n) is 4.01. The average Bonchev–Trinajstić information content (AvgIpc) is 2.94. The Morgan fingerprint density at radius 1 is 1.15 bits per heavy atom. The molecule has 0 bridgehead atoms. The van der Waals surface area contributed by atoms with Gasteiger partial charge in [-0.2, -0.15) is 0 Å². The van der Waals surface area contributed by atoms with E-state index in [9.17, 15) is 13.2 Å². The van der Waals surface area contributed by atoms with Crippen molar-refractivity contribution in [1.82, 2.24) is 9.71 Å². The quantitative estimate of drug-likeness (QED) is 0.663. The van der Waals surface area contributed by atoms with Gasteiger partial charge in [0, 0.05) is 23.5 Å². The highest BCUT2D eigenvalue weighted by molar-refractivity contribution is 7.89. The van der Waals surface area contributed by atoms with E-state index in [-0.39, 0.29) is 23.6 Å². The first kappa shape index (κ1) is 20.8. The maximum atomic E-state index is 12.9. The number of rotatable bonds is 8. The molecule has 0 saturated carbocycles. The van der Waals surface area contributed by atoms with Crippen molar-refractivity contribution in [3.8, 4) is 11.5 Å². The second kappa shape index (κ2) is 8.45. The van der Waals surface area contributed by atoms with E-state index < -0.39 is 16.0 Å². The number of ether oxygens (including phenoxy) is 3. The summed E-state index contributed by atoms with van der Waals surface area (Å²) in [6.45, 7) is 5.00. The molecule has 0 radical (unpaired) electrons. The number of methoxy groups -OCH3 is 2. The predicted octanol–water partition coefficient (Wildman–Crippen LogP) is 2.30. The molecule has 2 aromatic rings. The Morgan fingerprint density at radius 2 is 1.85 bits per heavy atom. The van der Waals surface area contributed by atoms with Crippen LogP contribution < -0.4 is 14.2 Å². The van der Waals surface area contributed by atoms with Crippen LogP contribution in [0.2, 0.25) is 0 Å². The van der Waals surface area contributed by atoms with E-state index in [0.29, 0.717) is 28.5 Å². The normalized spacial score (nSPS) is 11.3. The monoisotopic (exact) mass is 396 g/mol. The number of aromatic nitrogens is 1. The maximum Gasteiger partial charge on any atom is 0.341 e. The van der Waals surface area contributed by atoms with Crippen molar-refractivity contribution in [3.63, 3.8) is 0 Å². The molecule has 0 atom stereocenters. The highest BCUT2D eigenvalue weighted by Gasteiger charge is 2.29. The van der Waals surface area contributed by atoms with E-state index in [0.717, 1.165) is 0 Å². The van der Waals surface area contributed by atoms with E-state index in [2.05, 4.69) is 9.71 Å². The van der Waals surface area contributed by atoms with Crippen molar-refractivity contribution >= 4 is 16.0 Å².